The summed E-state index contributed by atoms with van der Waals surface area (Å²) in [5, 5.41) is 12.4. The first-order valence-electron chi connectivity index (χ1n) is 8.56. The van der Waals surface area contributed by atoms with E-state index in [9.17, 15) is 27.9 Å². The topological polar surface area (TPSA) is 83.7 Å². The zero-order valence-corrected chi connectivity index (χ0v) is 15.8. The van der Waals surface area contributed by atoms with Crippen molar-refractivity contribution in [2.24, 2.45) is 4.99 Å². The van der Waals surface area contributed by atoms with E-state index in [-0.39, 0.29) is 4.88 Å². The van der Waals surface area contributed by atoms with E-state index < -0.39 is 46.3 Å². The van der Waals surface area contributed by atoms with Crippen LogP contribution in [0.1, 0.15) is 10.4 Å². The zero-order chi connectivity index (χ0) is 21.4. The molecule has 1 aliphatic heterocycles. The van der Waals surface area contributed by atoms with E-state index in [1.54, 1.807) is 12.3 Å². The molecule has 0 saturated carbocycles. The zero-order valence-electron chi connectivity index (χ0n) is 15.0. The van der Waals surface area contributed by atoms with E-state index in [0.717, 1.165) is 21.9 Å². The first-order chi connectivity index (χ1) is 14.3. The average molecular weight is 431 g/mol. The summed E-state index contributed by atoms with van der Waals surface area (Å²) in [6.45, 7) is -0.645. The Bertz CT molecular complexity index is 1290. The van der Waals surface area contributed by atoms with Gasteiger partial charge in [0, 0.05) is 17.4 Å². The van der Waals surface area contributed by atoms with Crippen molar-refractivity contribution in [3.8, 4) is 5.88 Å². The van der Waals surface area contributed by atoms with E-state index in [1.807, 2.05) is 24.3 Å². The van der Waals surface area contributed by atoms with Crippen LogP contribution >= 0.6 is 11.3 Å². The lowest BCUT2D eigenvalue weighted by Crippen LogP contribution is -2.24. The van der Waals surface area contributed by atoms with Crippen molar-refractivity contribution in [2.75, 3.05) is 5.32 Å². The van der Waals surface area contributed by atoms with Crippen molar-refractivity contribution in [3.63, 3.8) is 0 Å². The second-order valence-corrected chi connectivity index (χ2v) is 7.28. The van der Waals surface area contributed by atoms with Crippen molar-refractivity contribution in [3.05, 3.63) is 74.0 Å². The average Bonchev–Trinajstić information content (AvgIpc) is 3.25. The molecule has 0 bridgehead atoms. The van der Waals surface area contributed by atoms with Crippen molar-refractivity contribution in [1.29, 1.82) is 0 Å². The Morgan fingerprint density at radius 2 is 1.93 bits per heavy atom. The highest BCUT2D eigenvalue weighted by Crippen LogP contribution is 2.34. The molecule has 0 radical (unpaired) electrons. The molecule has 0 fully saturated rings. The number of carbonyl (C=O) groups excluding carboxylic acids is 1. The summed E-state index contributed by atoms with van der Waals surface area (Å²) < 4.78 is 40.8. The highest BCUT2D eigenvalue weighted by molar-refractivity contribution is 7.10. The first-order valence-corrected chi connectivity index (χ1v) is 9.38. The van der Waals surface area contributed by atoms with Crippen LogP contribution in [0, 0.1) is 17.5 Å². The van der Waals surface area contributed by atoms with Crippen molar-refractivity contribution in [2.45, 2.75) is 6.54 Å². The van der Waals surface area contributed by atoms with Crippen molar-refractivity contribution < 1.29 is 23.1 Å². The van der Waals surface area contributed by atoms with Crippen LogP contribution in [0.4, 0.5) is 24.5 Å². The number of aromatic hydroxyl groups is 1. The van der Waals surface area contributed by atoms with Gasteiger partial charge in [-0.25, -0.2) is 13.2 Å². The van der Waals surface area contributed by atoms with Crippen LogP contribution in [-0.4, -0.2) is 21.8 Å². The second kappa shape index (κ2) is 7.64. The third kappa shape index (κ3) is 3.52. The van der Waals surface area contributed by atoms with Gasteiger partial charge in [0.1, 0.15) is 6.54 Å². The number of thiazole rings is 1. The smallest absolute Gasteiger partial charge is 0.311 e. The van der Waals surface area contributed by atoms with Crippen molar-refractivity contribution >= 4 is 46.5 Å². The molecule has 1 aliphatic rings. The molecule has 3 aromatic rings. The van der Waals surface area contributed by atoms with Gasteiger partial charge in [0.05, 0.1) is 16.3 Å². The molecule has 6 nitrogen and oxygen atoms in total. The van der Waals surface area contributed by atoms with Gasteiger partial charge in [-0.15, -0.1) is 0 Å². The Labute approximate surface area is 171 Å². The standard InChI is InChI=1S/C20H12F3N3O3S/c21-12-5-6-14(18(23)17(12)22)25-16(27)9-26-19(28)15(30-20(26)29)7-10-8-24-13-4-2-1-3-11(10)13/h1-8,28H,9H2,(H,25,27). The summed E-state index contributed by atoms with van der Waals surface area (Å²) in [6, 6.07) is 8.84. The van der Waals surface area contributed by atoms with E-state index in [0.29, 0.717) is 23.0 Å². The number of allylic oxidation sites excluding steroid dienone is 1. The third-order valence-corrected chi connectivity index (χ3v) is 5.26. The fourth-order valence-electron chi connectivity index (χ4n) is 2.90. The van der Waals surface area contributed by atoms with Gasteiger partial charge in [-0.2, -0.15) is 0 Å². The number of rotatable bonds is 4. The van der Waals surface area contributed by atoms with Gasteiger partial charge in [-0.1, -0.05) is 29.5 Å². The number of nitrogens with zero attached hydrogens (tertiary/aromatic N) is 2. The molecule has 1 amide bonds. The van der Waals surface area contributed by atoms with Gasteiger partial charge < -0.3 is 10.4 Å². The molecule has 0 atom stereocenters. The lowest BCUT2D eigenvalue weighted by molar-refractivity contribution is -0.116. The summed E-state index contributed by atoms with van der Waals surface area (Å²) >= 11 is 0.714. The molecule has 152 valence electrons. The molecule has 2 aromatic carbocycles. The van der Waals surface area contributed by atoms with Crippen LogP contribution in [0.15, 0.2) is 46.2 Å². The van der Waals surface area contributed by atoms with Gasteiger partial charge in [0.15, 0.2) is 17.5 Å². The maximum Gasteiger partial charge on any atom is 0.311 e. The number of para-hydroxylation sites is 1. The molecule has 0 saturated heterocycles. The molecule has 0 unspecified atom stereocenters. The van der Waals surface area contributed by atoms with Gasteiger partial charge in [0.25, 0.3) is 0 Å². The van der Waals surface area contributed by atoms with Crippen LogP contribution in [0.25, 0.3) is 11.6 Å². The fraction of sp³-hybridized carbons (Fsp3) is 0.0500. The molecule has 2 heterocycles. The SMILES string of the molecule is O=C(Cn1c(O)c(C=C2C=Nc3ccccc32)sc1=O)Nc1ccc(F)c(F)c1F. The lowest BCUT2D eigenvalue weighted by Gasteiger charge is -2.08. The summed E-state index contributed by atoms with van der Waals surface area (Å²) in [6.07, 6.45) is 3.16. The Balaban J connectivity index is 1.57. The summed E-state index contributed by atoms with van der Waals surface area (Å²) in [7, 11) is 0. The number of hydrogen-bond donors (Lipinski definition) is 2. The number of carbonyl (C=O) groups is 1. The van der Waals surface area contributed by atoms with Gasteiger partial charge >= 0.3 is 4.87 Å². The first kappa shape index (κ1) is 19.6. The molecule has 1 aromatic heterocycles. The fourth-order valence-corrected chi connectivity index (χ4v) is 3.74. The second-order valence-electron chi connectivity index (χ2n) is 6.29. The Morgan fingerprint density at radius 3 is 2.73 bits per heavy atom. The number of anilines is 1. The van der Waals surface area contributed by atoms with Crippen molar-refractivity contribution in [1.82, 2.24) is 4.57 Å². The number of hydrogen-bond acceptors (Lipinski definition) is 5. The maximum atomic E-state index is 13.7. The normalized spacial score (nSPS) is 13.6. The monoisotopic (exact) mass is 431 g/mol. The van der Waals surface area contributed by atoms with E-state index in [4.69, 9.17) is 0 Å². The number of halogens is 3. The molecular weight excluding hydrogens is 419 g/mol. The van der Waals surface area contributed by atoms with E-state index in [1.165, 1.54) is 0 Å². The number of amides is 1. The highest BCUT2D eigenvalue weighted by Gasteiger charge is 2.20. The number of aliphatic imine (C=N–C) groups is 1. The summed E-state index contributed by atoms with van der Waals surface area (Å²) in [5.41, 5.74) is 1.68. The molecule has 0 aliphatic carbocycles. The van der Waals surface area contributed by atoms with Crippen LogP contribution in [0.2, 0.25) is 0 Å². The van der Waals surface area contributed by atoms with Crippen LogP contribution in [-0.2, 0) is 11.3 Å². The van der Waals surface area contributed by atoms with Gasteiger partial charge in [0.2, 0.25) is 11.8 Å². The molecule has 0 spiro atoms. The largest absolute Gasteiger partial charge is 0.493 e. The summed E-state index contributed by atoms with van der Waals surface area (Å²) in [5.74, 6) is -6.03. The molecule has 30 heavy (non-hydrogen) atoms. The quantitative estimate of drug-likeness (QED) is 0.614. The van der Waals surface area contributed by atoms with Crippen LogP contribution in [0.5, 0.6) is 5.88 Å². The van der Waals surface area contributed by atoms with Crippen LogP contribution in [0.3, 0.4) is 0 Å². The predicted molar refractivity (Wildman–Crippen MR) is 108 cm³/mol. The molecule has 4 rings (SSSR count). The van der Waals surface area contributed by atoms with E-state index in [2.05, 4.69) is 10.3 Å². The third-order valence-electron chi connectivity index (χ3n) is 4.35. The predicted octanol–water partition coefficient (Wildman–Crippen LogP) is 3.93. The minimum absolute atomic E-state index is 0.213. The highest BCUT2D eigenvalue weighted by atomic mass is 32.1. The molecule has 10 heteroatoms. The minimum atomic E-state index is -1.73. The minimum Gasteiger partial charge on any atom is -0.493 e. The Morgan fingerprint density at radius 1 is 1.17 bits per heavy atom. The van der Waals surface area contributed by atoms with E-state index >= 15 is 0 Å². The number of aromatic nitrogens is 1. The molecular formula is C20H12F3N3O3S. The Kier molecular flexibility index (Phi) is 5.00. The molecule has 2 N–H and O–H groups in total. The van der Waals surface area contributed by atoms with Gasteiger partial charge in [-0.3, -0.25) is 19.1 Å². The van der Waals surface area contributed by atoms with Crippen LogP contribution < -0.4 is 10.2 Å². The summed E-state index contributed by atoms with van der Waals surface area (Å²) in [4.78, 5) is 28.2. The number of fused-ring (bicyclic) bond motifs is 1. The number of benzene rings is 2. The maximum absolute atomic E-state index is 13.7. The Hall–Kier alpha value is -3.66. The number of nitrogens with one attached hydrogen (secondary N) is 1. The van der Waals surface area contributed by atoms with Gasteiger partial charge in [-0.05, 0) is 24.3 Å². The lowest BCUT2D eigenvalue weighted by atomic mass is 10.1.